The maximum atomic E-state index is 14.0. The largest absolute Gasteiger partial charge is 0.508 e. The van der Waals surface area contributed by atoms with Gasteiger partial charge in [-0.25, -0.2) is 9.78 Å². The normalized spacial score (nSPS) is 13.7. The number of fused-ring (bicyclic) bond motifs is 2. The van der Waals surface area contributed by atoms with Crippen LogP contribution in [-0.4, -0.2) is 78.0 Å². The van der Waals surface area contributed by atoms with Gasteiger partial charge in [0.25, 0.3) is 0 Å². The zero-order valence-corrected chi connectivity index (χ0v) is 27.4. The van der Waals surface area contributed by atoms with Crippen LogP contribution in [0.3, 0.4) is 0 Å². The number of phenols is 1. The van der Waals surface area contributed by atoms with Crippen LogP contribution in [0, 0.1) is 0 Å². The lowest BCUT2D eigenvalue weighted by molar-refractivity contribution is -0.142. The Labute approximate surface area is 291 Å². The molecule has 14 nitrogen and oxygen atoms in total. The number of imidazole rings is 1. The maximum Gasteiger partial charge on any atom is 0.326 e. The zero-order valence-electron chi connectivity index (χ0n) is 27.4. The van der Waals surface area contributed by atoms with Crippen LogP contribution in [-0.2, 0) is 44.9 Å². The number of para-hydroxylation sites is 2. The summed E-state index contributed by atoms with van der Waals surface area (Å²) in [5.41, 5.74) is 10.8. The minimum atomic E-state index is -1.31. The second-order valence-electron chi connectivity index (χ2n) is 12.4. The van der Waals surface area contributed by atoms with E-state index in [1.165, 1.54) is 24.7 Å². The summed E-state index contributed by atoms with van der Waals surface area (Å²) in [7, 11) is 0. The van der Waals surface area contributed by atoms with E-state index in [-0.39, 0.29) is 31.4 Å². The number of aromatic amines is 3. The van der Waals surface area contributed by atoms with Crippen molar-refractivity contribution >= 4 is 45.5 Å². The van der Waals surface area contributed by atoms with Crippen molar-refractivity contribution in [2.75, 3.05) is 0 Å². The lowest BCUT2D eigenvalue weighted by Gasteiger charge is -2.25. The van der Waals surface area contributed by atoms with Gasteiger partial charge >= 0.3 is 5.97 Å². The molecule has 0 saturated heterocycles. The van der Waals surface area contributed by atoms with Crippen molar-refractivity contribution < 1.29 is 29.4 Å². The van der Waals surface area contributed by atoms with Gasteiger partial charge in [0, 0.05) is 65.4 Å². The summed E-state index contributed by atoms with van der Waals surface area (Å²) in [4.78, 5) is 66.8. The maximum absolute atomic E-state index is 14.0. The highest BCUT2D eigenvalue weighted by Gasteiger charge is 2.31. The Morgan fingerprint density at radius 2 is 1.22 bits per heavy atom. The van der Waals surface area contributed by atoms with E-state index in [2.05, 4.69) is 35.9 Å². The van der Waals surface area contributed by atoms with Crippen LogP contribution in [0.5, 0.6) is 5.75 Å². The van der Waals surface area contributed by atoms with E-state index in [0.29, 0.717) is 16.8 Å². The first-order valence-corrected chi connectivity index (χ1v) is 16.4. The highest BCUT2D eigenvalue weighted by atomic mass is 16.4. The Morgan fingerprint density at radius 3 is 1.80 bits per heavy atom. The number of carbonyl (C=O) groups is 4. The van der Waals surface area contributed by atoms with E-state index in [1.54, 1.807) is 24.5 Å². The van der Waals surface area contributed by atoms with Gasteiger partial charge in [-0.3, -0.25) is 14.4 Å². The quantitative estimate of drug-likeness (QED) is 0.0774. The molecule has 3 heterocycles. The van der Waals surface area contributed by atoms with E-state index in [0.717, 1.165) is 27.4 Å². The number of aliphatic carboxylic acids is 1. The van der Waals surface area contributed by atoms with E-state index < -0.39 is 47.9 Å². The molecule has 262 valence electrons. The van der Waals surface area contributed by atoms with Gasteiger partial charge in [0.1, 0.15) is 23.9 Å². The molecule has 14 heteroatoms. The third-order valence-electron chi connectivity index (χ3n) is 8.79. The molecule has 10 N–H and O–H groups in total. The van der Waals surface area contributed by atoms with Crippen LogP contribution in [0.1, 0.15) is 22.4 Å². The van der Waals surface area contributed by atoms with Crippen molar-refractivity contribution in [2.45, 2.75) is 49.9 Å². The first-order chi connectivity index (χ1) is 24.6. The number of hydrogen-bond acceptors (Lipinski definition) is 7. The summed E-state index contributed by atoms with van der Waals surface area (Å²) >= 11 is 0. The Balaban J connectivity index is 1.20. The average Bonchev–Trinajstić information content (AvgIpc) is 3.89. The molecule has 3 amide bonds. The highest BCUT2D eigenvalue weighted by Crippen LogP contribution is 2.21. The van der Waals surface area contributed by atoms with Crippen LogP contribution < -0.4 is 21.7 Å². The van der Waals surface area contributed by atoms with Gasteiger partial charge in [0.2, 0.25) is 17.7 Å². The first-order valence-electron chi connectivity index (χ1n) is 16.4. The molecule has 6 aromatic rings. The van der Waals surface area contributed by atoms with Crippen LogP contribution in [0.25, 0.3) is 21.8 Å². The predicted octanol–water partition coefficient (Wildman–Crippen LogP) is 2.21. The van der Waals surface area contributed by atoms with Crippen LogP contribution in [0.15, 0.2) is 97.7 Å². The minimum absolute atomic E-state index is 0.00830. The van der Waals surface area contributed by atoms with Gasteiger partial charge in [0.05, 0.1) is 12.4 Å². The van der Waals surface area contributed by atoms with Crippen molar-refractivity contribution in [3.05, 3.63) is 120 Å². The number of carbonyl (C=O) groups excluding carboxylic acids is 3. The summed E-state index contributed by atoms with van der Waals surface area (Å²) in [5.74, 6) is -3.24. The first kappa shape index (κ1) is 34.5. The summed E-state index contributed by atoms with van der Waals surface area (Å²) in [5, 5.41) is 29.7. The van der Waals surface area contributed by atoms with E-state index >= 15 is 0 Å². The van der Waals surface area contributed by atoms with E-state index in [1.807, 2.05) is 48.5 Å². The number of H-pyrrole nitrogens is 3. The van der Waals surface area contributed by atoms with Gasteiger partial charge in [-0.2, -0.15) is 0 Å². The van der Waals surface area contributed by atoms with Crippen molar-refractivity contribution in [3.8, 4) is 5.75 Å². The standard InChI is InChI=1S/C37H38N8O6/c38-28(14-22-17-40-29-7-3-1-5-26(22)29)34(47)43-31(13-21-9-11-25(46)12-10-21)35(48)44-32(16-24-19-39-20-42-24)36(49)45-33(37(50)51)15-23-18-41-30-8-4-2-6-27(23)30/h1-12,17-20,28,31-33,40-41,46H,13-16,38H2,(H,39,42)(H,43,47)(H,44,48)(H,45,49)(H,50,51). The summed E-state index contributed by atoms with van der Waals surface area (Å²) < 4.78 is 0. The summed E-state index contributed by atoms with van der Waals surface area (Å²) in [6.07, 6.45) is 6.56. The highest BCUT2D eigenvalue weighted by molar-refractivity contribution is 5.95. The Morgan fingerprint density at radius 1 is 0.667 bits per heavy atom. The zero-order chi connectivity index (χ0) is 35.9. The Bertz CT molecular complexity index is 2140. The second-order valence-corrected chi connectivity index (χ2v) is 12.4. The number of nitrogens with one attached hydrogen (secondary N) is 6. The van der Waals surface area contributed by atoms with Crippen LogP contribution >= 0.6 is 0 Å². The number of amides is 3. The van der Waals surface area contributed by atoms with Crippen molar-refractivity contribution in [1.82, 2.24) is 35.9 Å². The molecule has 0 aliphatic heterocycles. The fourth-order valence-corrected chi connectivity index (χ4v) is 6.08. The number of aromatic nitrogens is 4. The summed E-state index contributed by atoms with van der Waals surface area (Å²) in [6.45, 7) is 0. The lowest BCUT2D eigenvalue weighted by Crippen LogP contribution is -2.58. The third kappa shape index (κ3) is 8.43. The van der Waals surface area contributed by atoms with Crippen molar-refractivity contribution in [3.63, 3.8) is 0 Å². The van der Waals surface area contributed by atoms with Crippen LogP contribution in [0.4, 0.5) is 0 Å². The molecule has 3 aromatic carbocycles. The van der Waals surface area contributed by atoms with E-state index in [9.17, 15) is 29.4 Å². The molecule has 0 radical (unpaired) electrons. The molecule has 0 spiro atoms. The number of phenolic OH excluding ortho intramolecular Hbond substituents is 1. The predicted molar refractivity (Wildman–Crippen MR) is 190 cm³/mol. The number of nitrogens with zero attached hydrogens (tertiary/aromatic N) is 1. The number of carboxylic acids is 1. The smallest absolute Gasteiger partial charge is 0.326 e. The molecule has 4 unspecified atom stereocenters. The molecule has 51 heavy (non-hydrogen) atoms. The Hall–Kier alpha value is -6.41. The fraction of sp³-hybridized carbons (Fsp3) is 0.216. The van der Waals surface area contributed by atoms with Crippen LogP contribution in [0.2, 0.25) is 0 Å². The summed E-state index contributed by atoms with van der Waals surface area (Å²) in [6, 6.07) is 16.4. The number of aromatic hydroxyl groups is 1. The monoisotopic (exact) mass is 690 g/mol. The SMILES string of the molecule is NC(Cc1c[nH]c2ccccc12)C(=O)NC(Cc1ccc(O)cc1)C(=O)NC(Cc1cnc[nH]1)C(=O)NC(Cc1c[nH]c2ccccc12)C(=O)O. The van der Waals surface area contributed by atoms with Gasteiger partial charge in [-0.05, 0) is 47.4 Å². The number of benzene rings is 3. The minimum Gasteiger partial charge on any atom is -0.508 e. The Kier molecular flexibility index (Phi) is 10.4. The molecular formula is C37H38N8O6. The van der Waals surface area contributed by atoms with Gasteiger partial charge in [-0.15, -0.1) is 0 Å². The topological polar surface area (TPSA) is 231 Å². The third-order valence-corrected chi connectivity index (χ3v) is 8.79. The second kappa shape index (κ2) is 15.4. The van der Waals surface area contributed by atoms with Crippen molar-refractivity contribution in [2.24, 2.45) is 5.73 Å². The molecule has 0 aliphatic carbocycles. The van der Waals surface area contributed by atoms with Gasteiger partial charge in [-0.1, -0.05) is 48.5 Å². The molecule has 3 aromatic heterocycles. The average molecular weight is 691 g/mol. The number of nitrogens with two attached hydrogens (primary N) is 1. The molecular weight excluding hydrogens is 652 g/mol. The lowest BCUT2D eigenvalue weighted by atomic mass is 10.0. The molecule has 0 saturated carbocycles. The number of hydrogen-bond donors (Lipinski definition) is 9. The van der Waals surface area contributed by atoms with E-state index in [4.69, 9.17) is 5.73 Å². The van der Waals surface area contributed by atoms with Gasteiger partial charge in [0.15, 0.2) is 0 Å². The molecule has 6 rings (SSSR count). The van der Waals surface area contributed by atoms with Crippen molar-refractivity contribution in [1.29, 1.82) is 0 Å². The number of carboxylic acid groups (broad SMARTS) is 1. The van der Waals surface area contributed by atoms with Gasteiger partial charge < -0.3 is 46.8 Å². The molecule has 0 fully saturated rings. The molecule has 4 atom stereocenters. The molecule has 0 bridgehead atoms. The fourth-order valence-electron chi connectivity index (χ4n) is 6.08. The molecule has 0 aliphatic rings. The number of rotatable bonds is 15.